The second kappa shape index (κ2) is 26.9. The Hall–Kier alpha value is -14.8. The van der Waals surface area contributed by atoms with Crippen molar-refractivity contribution in [3.8, 4) is 89.0 Å². The van der Waals surface area contributed by atoms with E-state index in [1.807, 2.05) is 69.4 Å². The quantitative estimate of drug-likeness (QED) is 0.0710. The van der Waals surface area contributed by atoms with Gasteiger partial charge in [0.25, 0.3) is 0 Å². The molecule has 12 heteroatoms. The number of rotatable bonds is 12. The summed E-state index contributed by atoms with van der Waals surface area (Å²) >= 11 is 0. The molecule has 0 fully saturated rings. The highest BCUT2D eigenvalue weighted by Crippen LogP contribution is 2.51. The van der Waals surface area contributed by atoms with Crippen molar-refractivity contribution in [2.24, 2.45) is 0 Å². The molecule has 6 aromatic heterocycles. The number of carbonyl (C=O) groups is 1. The van der Waals surface area contributed by atoms with Crippen LogP contribution in [0.25, 0.3) is 181 Å². The summed E-state index contributed by atoms with van der Waals surface area (Å²) in [6.45, 7) is 4.04. The molecule has 111 heavy (non-hydrogen) atoms. The van der Waals surface area contributed by atoms with E-state index in [1.54, 1.807) is 4.90 Å². The molecular formula is C99H71N11O. The molecule has 16 bridgehead atoms. The summed E-state index contributed by atoms with van der Waals surface area (Å²) in [5.41, 5.74) is 31.9. The van der Waals surface area contributed by atoms with Crippen molar-refractivity contribution in [2.45, 2.75) is 19.3 Å². The van der Waals surface area contributed by atoms with Crippen molar-refractivity contribution in [2.75, 3.05) is 22.6 Å². The summed E-state index contributed by atoms with van der Waals surface area (Å²) in [5, 5.41) is 8.19. The van der Waals surface area contributed by atoms with Crippen molar-refractivity contribution in [1.82, 2.24) is 39.9 Å². The van der Waals surface area contributed by atoms with Gasteiger partial charge in [-0.2, -0.15) is 0 Å². The normalized spacial score (nSPS) is 13.3. The van der Waals surface area contributed by atoms with Gasteiger partial charge in [-0.05, 0) is 161 Å². The Labute approximate surface area is 641 Å². The minimum atomic E-state index is -0.967. The van der Waals surface area contributed by atoms with Gasteiger partial charge in [-0.1, -0.05) is 243 Å². The van der Waals surface area contributed by atoms with Gasteiger partial charge < -0.3 is 35.5 Å². The number of aromatic amines is 4. The van der Waals surface area contributed by atoms with E-state index in [-0.39, 0.29) is 5.91 Å². The number of H-pyrrole nitrogens is 4. The third kappa shape index (κ3) is 11.6. The molecule has 528 valence electrons. The summed E-state index contributed by atoms with van der Waals surface area (Å²) < 4.78 is 0. The van der Waals surface area contributed by atoms with Crippen LogP contribution < -0.4 is 15.5 Å². The highest BCUT2D eigenvalue weighted by Gasteiger charge is 2.44. The lowest BCUT2D eigenvalue weighted by Gasteiger charge is -2.21. The number of fused-ring (bicyclic) bond motifs is 17. The first-order valence-electron chi connectivity index (χ1n) is 37.4. The maximum Gasteiger partial charge on any atom is 0.236 e. The molecule has 5 aliphatic rings. The standard InChI is InChI=1S/C99H71N11O/c1-99(2)69-56-68(100-84-58-82-91(64-36-20-8-21-37-64)78-50-48-74(103-78)87(60-28-12-4-13-29-60)70-44-46-72(101-70)89(62-32-16-6-17-33-62)76-52-54-80(105-76)93(95(84)108-82)66-40-24-10-25-41-66)57-86(97(69)110(3)98(99)111)107-85-59-83-92(65-38-22-9-23-39-65)79-51-49-75(104-79)88(61-30-14-5-15-31-61)71-45-47-73(102-71)90(63-34-18-7-19-35-63)77-53-55-81(106-77)94(96(85)109-83)67-42-26-11-27-43-67/h4-59,100,103-107H,1-3H3. The Morgan fingerprint density at radius 1 is 0.297 bits per heavy atom. The van der Waals surface area contributed by atoms with Crippen LogP contribution in [0.15, 0.2) is 303 Å². The smallest absolute Gasteiger partial charge is 0.236 e. The van der Waals surface area contributed by atoms with Crippen LogP contribution in [0, 0.1) is 0 Å². The summed E-state index contributed by atoms with van der Waals surface area (Å²) in [6.07, 6.45) is 12.9. The van der Waals surface area contributed by atoms with E-state index in [0.29, 0.717) is 22.8 Å². The fourth-order valence-electron chi connectivity index (χ4n) is 16.6. The molecule has 6 N–H and O–H groups in total. The maximum atomic E-state index is 15.2. The van der Waals surface area contributed by atoms with E-state index in [1.165, 1.54) is 0 Å². The molecule has 0 radical (unpaired) electrons. The molecule has 11 heterocycles. The average Bonchev–Trinajstić information content (AvgIpc) is 1.58. The summed E-state index contributed by atoms with van der Waals surface area (Å²) in [4.78, 5) is 55.9. The molecule has 0 unspecified atom stereocenters. The Kier molecular flexibility index (Phi) is 16.0. The van der Waals surface area contributed by atoms with Gasteiger partial charge in [-0.3, -0.25) is 4.79 Å². The molecule has 9 aromatic carbocycles. The zero-order valence-corrected chi connectivity index (χ0v) is 61.0. The van der Waals surface area contributed by atoms with Crippen LogP contribution in [0.2, 0.25) is 0 Å². The number of benzene rings is 9. The van der Waals surface area contributed by atoms with Gasteiger partial charge in [0.2, 0.25) is 5.91 Å². The number of anilines is 3. The third-order valence-electron chi connectivity index (χ3n) is 21.7. The van der Waals surface area contributed by atoms with Crippen LogP contribution in [0.3, 0.4) is 0 Å². The van der Waals surface area contributed by atoms with E-state index < -0.39 is 5.41 Å². The third-order valence-corrected chi connectivity index (χ3v) is 21.7. The lowest BCUT2D eigenvalue weighted by Crippen LogP contribution is -2.33. The predicted octanol–water partition coefficient (Wildman–Crippen LogP) is 24.1. The van der Waals surface area contributed by atoms with Crippen LogP contribution in [-0.4, -0.2) is 52.8 Å². The number of aromatic nitrogens is 8. The van der Waals surface area contributed by atoms with Crippen LogP contribution >= 0.6 is 0 Å². The molecule has 0 aliphatic carbocycles. The number of nitrogens with one attached hydrogen (secondary N) is 6. The van der Waals surface area contributed by atoms with Gasteiger partial charge in [0.05, 0.1) is 73.7 Å². The first-order valence-corrected chi connectivity index (χ1v) is 37.4. The molecular weight excluding hydrogens is 1360 g/mol. The SMILES string of the molecule is CN1C(=O)C(C)(C)c2cc(NC3=Cc4nc3c(-c3ccccc3)c3ccc([nH]3)c(-c3ccccc3)c3nc(c(-c5ccccc5)c5ccc([nH]5)c4-c4ccccc4)C=C3)cc(NC3=Cc4nc3c(-c3ccccc3)c3ccc([nH]3)c(-c3ccccc3)c3nc(c(-c5ccccc5)c5ccc([nH]5)c4-c4ccccc4)C=C3)c21. The Morgan fingerprint density at radius 2 is 0.550 bits per heavy atom. The summed E-state index contributed by atoms with van der Waals surface area (Å²) in [6, 6.07) is 106. The molecule has 20 rings (SSSR count). The van der Waals surface area contributed by atoms with Gasteiger partial charge in [0.1, 0.15) is 0 Å². The average molecular weight is 1430 g/mol. The molecule has 0 saturated carbocycles. The molecule has 12 nitrogen and oxygen atoms in total. The topological polar surface area (TPSA) is 159 Å². The van der Waals surface area contributed by atoms with Crippen LogP contribution in [0.1, 0.15) is 65.0 Å². The van der Waals surface area contributed by atoms with Crippen LogP contribution in [0.4, 0.5) is 17.1 Å². The molecule has 15 aromatic rings. The van der Waals surface area contributed by atoms with E-state index in [9.17, 15) is 0 Å². The zero-order valence-electron chi connectivity index (χ0n) is 61.0. The van der Waals surface area contributed by atoms with Crippen molar-refractivity contribution in [3.05, 3.63) is 354 Å². The van der Waals surface area contributed by atoms with Gasteiger partial charge in [0.15, 0.2) is 0 Å². The van der Waals surface area contributed by atoms with Crippen LogP contribution in [0.5, 0.6) is 0 Å². The molecule has 0 spiro atoms. The minimum absolute atomic E-state index is 0.0400. The van der Waals surface area contributed by atoms with E-state index in [4.69, 9.17) is 19.9 Å². The van der Waals surface area contributed by atoms with Gasteiger partial charge in [-0.15, -0.1) is 0 Å². The van der Waals surface area contributed by atoms with Gasteiger partial charge in [-0.25, -0.2) is 19.9 Å². The summed E-state index contributed by atoms with van der Waals surface area (Å²) in [5.74, 6) is -0.0400. The van der Waals surface area contributed by atoms with Crippen molar-refractivity contribution in [3.63, 3.8) is 0 Å². The minimum Gasteiger partial charge on any atom is -0.354 e. The summed E-state index contributed by atoms with van der Waals surface area (Å²) in [7, 11) is 1.88. The van der Waals surface area contributed by atoms with Gasteiger partial charge >= 0.3 is 0 Å². The van der Waals surface area contributed by atoms with E-state index >= 15 is 4.79 Å². The van der Waals surface area contributed by atoms with E-state index in [0.717, 1.165) is 190 Å². The first kappa shape index (κ1) is 65.7. The number of hydrogen-bond donors (Lipinski definition) is 6. The first-order chi connectivity index (χ1) is 54.6. The zero-order chi connectivity index (χ0) is 74.3. The number of nitrogens with zero attached hydrogens (tertiary/aromatic N) is 5. The number of likely N-dealkylation sites (N-methyl/N-ethyl adjacent to an activating group) is 1. The predicted molar refractivity (Wildman–Crippen MR) is 459 cm³/mol. The van der Waals surface area contributed by atoms with Crippen molar-refractivity contribution in [1.29, 1.82) is 0 Å². The lowest BCUT2D eigenvalue weighted by atomic mass is 9.85. The number of amides is 1. The fraction of sp³-hybridized carbons (Fsp3) is 0.0404. The molecule has 0 atom stereocenters. The van der Waals surface area contributed by atoms with E-state index in [2.05, 4.69) is 322 Å². The second-order valence-corrected chi connectivity index (χ2v) is 29.0. The maximum absolute atomic E-state index is 15.2. The highest BCUT2D eigenvalue weighted by atomic mass is 16.2. The monoisotopic (exact) mass is 1430 g/mol. The Morgan fingerprint density at radius 3 is 0.838 bits per heavy atom. The molecule has 0 saturated heterocycles. The second-order valence-electron chi connectivity index (χ2n) is 29.0. The van der Waals surface area contributed by atoms with Crippen molar-refractivity contribution < 1.29 is 4.79 Å². The molecule has 5 aliphatic heterocycles. The van der Waals surface area contributed by atoms with Crippen LogP contribution in [-0.2, 0) is 10.2 Å². The Balaban J connectivity index is 0.848. The number of carbonyl (C=O) groups excluding carboxylic acids is 1. The largest absolute Gasteiger partial charge is 0.354 e. The van der Waals surface area contributed by atoms with Crippen molar-refractivity contribution >= 4 is 115 Å². The Bertz CT molecular complexity index is 6770. The van der Waals surface area contributed by atoms with Gasteiger partial charge in [0, 0.05) is 101 Å². The molecule has 1 amide bonds. The highest BCUT2D eigenvalue weighted by molar-refractivity contribution is 6.14. The fourth-order valence-corrected chi connectivity index (χ4v) is 16.6. The number of hydrogen-bond acceptors (Lipinski definition) is 7. The lowest BCUT2D eigenvalue weighted by molar-refractivity contribution is -0.121.